The van der Waals surface area contributed by atoms with Crippen LogP contribution in [0.2, 0.25) is 5.02 Å². The van der Waals surface area contributed by atoms with Crippen molar-refractivity contribution < 1.29 is 0 Å². The molecule has 0 spiro atoms. The van der Waals surface area contributed by atoms with Crippen LogP contribution in [0.3, 0.4) is 0 Å². The van der Waals surface area contributed by atoms with Gasteiger partial charge in [-0.2, -0.15) is 0 Å². The van der Waals surface area contributed by atoms with Crippen molar-refractivity contribution in [3.05, 3.63) is 68.7 Å². The van der Waals surface area contributed by atoms with E-state index in [1.807, 2.05) is 12.1 Å². The summed E-state index contributed by atoms with van der Waals surface area (Å²) in [6.45, 7) is 5.08. The number of hydrogen-bond acceptors (Lipinski definition) is 1. The standard InChI is InChI=1S/C16H17BrClN/c1-11-3-6-14(7-4-11)12(2)19-10-13-5-8-15(17)16(18)9-13/h3-9,12,19H,10H2,1-2H3. The molecule has 1 nitrogen and oxygen atoms in total. The lowest BCUT2D eigenvalue weighted by atomic mass is 10.1. The quantitative estimate of drug-likeness (QED) is 0.801. The maximum atomic E-state index is 6.09. The highest BCUT2D eigenvalue weighted by atomic mass is 79.9. The minimum atomic E-state index is 0.322. The van der Waals surface area contributed by atoms with E-state index in [-0.39, 0.29) is 0 Å². The molecule has 100 valence electrons. The van der Waals surface area contributed by atoms with Crippen molar-refractivity contribution in [1.82, 2.24) is 5.32 Å². The first-order valence-electron chi connectivity index (χ1n) is 6.30. The Labute approximate surface area is 128 Å². The van der Waals surface area contributed by atoms with Crippen molar-refractivity contribution in [1.29, 1.82) is 0 Å². The Bertz CT molecular complexity index is 551. The van der Waals surface area contributed by atoms with Crippen LogP contribution in [0.15, 0.2) is 46.9 Å². The molecule has 0 amide bonds. The van der Waals surface area contributed by atoms with Gasteiger partial charge in [0, 0.05) is 17.1 Å². The van der Waals surface area contributed by atoms with Crippen molar-refractivity contribution in [2.24, 2.45) is 0 Å². The molecule has 0 saturated carbocycles. The molecule has 0 aliphatic heterocycles. The number of benzene rings is 2. The molecular formula is C16H17BrClN. The molecule has 3 heteroatoms. The Morgan fingerprint density at radius 1 is 1.16 bits per heavy atom. The number of aryl methyl sites for hydroxylation is 1. The average molecular weight is 339 g/mol. The van der Waals surface area contributed by atoms with Gasteiger partial charge in [0.1, 0.15) is 0 Å². The van der Waals surface area contributed by atoms with Gasteiger partial charge in [-0.1, -0.05) is 47.5 Å². The fourth-order valence-corrected chi connectivity index (χ4v) is 2.34. The zero-order valence-electron chi connectivity index (χ0n) is 11.1. The predicted molar refractivity (Wildman–Crippen MR) is 85.6 cm³/mol. The molecular weight excluding hydrogens is 322 g/mol. The molecule has 0 fully saturated rings. The van der Waals surface area contributed by atoms with E-state index >= 15 is 0 Å². The van der Waals surface area contributed by atoms with Crippen molar-refractivity contribution in [2.45, 2.75) is 26.4 Å². The molecule has 0 aliphatic carbocycles. The Morgan fingerprint density at radius 2 is 1.84 bits per heavy atom. The number of hydrogen-bond donors (Lipinski definition) is 1. The Hall–Kier alpha value is -0.830. The molecule has 0 bridgehead atoms. The van der Waals surface area contributed by atoms with Crippen LogP contribution in [0.5, 0.6) is 0 Å². The summed E-state index contributed by atoms with van der Waals surface area (Å²) in [5, 5.41) is 4.26. The van der Waals surface area contributed by atoms with Crippen LogP contribution in [0.4, 0.5) is 0 Å². The fourth-order valence-electron chi connectivity index (χ4n) is 1.89. The average Bonchev–Trinajstić information content (AvgIpc) is 2.40. The number of rotatable bonds is 4. The van der Waals surface area contributed by atoms with Gasteiger partial charge < -0.3 is 5.32 Å². The van der Waals surface area contributed by atoms with E-state index in [1.54, 1.807) is 0 Å². The van der Waals surface area contributed by atoms with Gasteiger partial charge in [0.25, 0.3) is 0 Å². The lowest BCUT2D eigenvalue weighted by Gasteiger charge is -2.15. The van der Waals surface area contributed by atoms with E-state index < -0.39 is 0 Å². The molecule has 0 radical (unpaired) electrons. The van der Waals surface area contributed by atoms with E-state index in [9.17, 15) is 0 Å². The fraction of sp³-hybridized carbons (Fsp3) is 0.250. The summed E-state index contributed by atoms with van der Waals surface area (Å²) in [4.78, 5) is 0. The first-order valence-corrected chi connectivity index (χ1v) is 7.47. The maximum absolute atomic E-state index is 6.09. The van der Waals surface area contributed by atoms with Crippen molar-refractivity contribution in [3.8, 4) is 0 Å². The molecule has 0 heterocycles. The molecule has 2 rings (SSSR count). The molecule has 1 unspecified atom stereocenters. The van der Waals surface area contributed by atoms with E-state index in [0.717, 1.165) is 16.0 Å². The third-order valence-corrected chi connectivity index (χ3v) is 4.41. The van der Waals surface area contributed by atoms with Gasteiger partial charge in [0.15, 0.2) is 0 Å². The van der Waals surface area contributed by atoms with E-state index in [4.69, 9.17) is 11.6 Å². The topological polar surface area (TPSA) is 12.0 Å². The summed E-state index contributed by atoms with van der Waals surface area (Å²) in [5.74, 6) is 0. The molecule has 2 aromatic carbocycles. The van der Waals surface area contributed by atoms with Crippen molar-refractivity contribution in [3.63, 3.8) is 0 Å². The van der Waals surface area contributed by atoms with Crippen LogP contribution in [0.1, 0.15) is 29.7 Å². The lowest BCUT2D eigenvalue weighted by molar-refractivity contribution is 0.574. The van der Waals surface area contributed by atoms with Crippen LogP contribution in [0.25, 0.3) is 0 Å². The third-order valence-electron chi connectivity index (χ3n) is 3.17. The molecule has 0 aromatic heterocycles. The van der Waals surface area contributed by atoms with Gasteiger partial charge >= 0.3 is 0 Å². The summed E-state index contributed by atoms with van der Waals surface area (Å²) in [7, 11) is 0. The Balaban J connectivity index is 1.98. The molecule has 1 atom stereocenters. The molecule has 0 saturated heterocycles. The smallest absolute Gasteiger partial charge is 0.0551 e. The van der Waals surface area contributed by atoms with E-state index in [2.05, 4.69) is 65.4 Å². The highest BCUT2D eigenvalue weighted by molar-refractivity contribution is 9.10. The zero-order valence-corrected chi connectivity index (χ0v) is 13.4. The van der Waals surface area contributed by atoms with Crippen molar-refractivity contribution in [2.75, 3.05) is 0 Å². The molecule has 2 aromatic rings. The maximum Gasteiger partial charge on any atom is 0.0551 e. The summed E-state index contributed by atoms with van der Waals surface area (Å²) in [6.07, 6.45) is 0. The monoisotopic (exact) mass is 337 g/mol. The molecule has 1 N–H and O–H groups in total. The summed E-state index contributed by atoms with van der Waals surface area (Å²) in [5.41, 5.74) is 3.77. The Morgan fingerprint density at radius 3 is 2.47 bits per heavy atom. The second-order valence-electron chi connectivity index (χ2n) is 4.76. The predicted octanol–water partition coefficient (Wildman–Crippen LogP) is 5.26. The molecule has 19 heavy (non-hydrogen) atoms. The van der Waals surface area contributed by atoms with Gasteiger partial charge in [-0.3, -0.25) is 0 Å². The van der Waals surface area contributed by atoms with Gasteiger partial charge in [-0.25, -0.2) is 0 Å². The SMILES string of the molecule is Cc1ccc(C(C)NCc2ccc(Br)c(Cl)c2)cc1. The van der Waals surface area contributed by atoms with Gasteiger partial charge in [-0.15, -0.1) is 0 Å². The number of halogens is 2. The van der Waals surface area contributed by atoms with Crippen LogP contribution in [-0.2, 0) is 6.54 Å². The largest absolute Gasteiger partial charge is 0.306 e. The minimum absolute atomic E-state index is 0.322. The first-order chi connectivity index (χ1) is 9.06. The highest BCUT2D eigenvalue weighted by Gasteiger charge is 2.05. The summed E-state index contributed by atoms with van der Waals surface area (Å²) < 4.78 is 0.935. The highest BCUT2D eigenvalue weighted by Crippen LogP contribution is 2.23. The van der Waals surface area contributed by atoms with Crippen LogP contribution in [-0.4, -0.2) is 0 Å². The lowest BCUT2D eigenvalue weighted by Crippen LogP contribution is -2.18. The van der Waals surface area contributed by atoms with Crippen LogP contribution in [0, 0.1) is 6.92 Å². The van der Waals surface area contributed by atoms with Gasteiger partial charge in [0.05, 0.1) is 5.02 Å². The van der Waals surface area contributed by atoms with Crippen LogP contribution < -0.4 is 5.32 Å². The summed E-state index contributed by atoms with van der Waals surface area (Å²) in [6, 6.07) is 15.0. The van der Waals surface area contributed by atoms with E-state index in [1.165, 1.54) is 16.7 Å². The Kier molecular flexibility index (Phi) is 5.03. The van der Waals surface area contributed by atoms with Gasteiger partial charge in [0.2, 0.25) is 0 Å². The summed E-state index contributed by atoms with van der Waals surface area (Å²) >= 11 is 9.49. The van der Waals surface area contributed by atoms with Gasteiger partial charge in [-0.05, 0) is 53.0 Å². The second-order valence-corrected chi connectivity index (χ2v) is 6.02. The third kappa shape index (κ3) is 4.07. The van der Waals surface area contributed by atoms with Crippen LogP contribution >= 0.6 is 27.5 Å². The van der Waals surface area contributed by atoms with E-state index in [0.29, 0.717) is 6.04 Å². The molecule has 0 aliphatic rings. The van der Waals surface area contributed by atoms with Crippen molar-refractivity contribution >= 4 is 27.5 Å². The minimum Gasteiger partial charge on any atom is -0.306 e. The first kappa shape index (κ1) is 14.6. The normalized spacial score (nSPS) is 12.4. The second kappa shape index (κ2) is 6.56. The number of nitrogens with one attached hydrogen (secondary N) is 1. The zero-order chi connectivity index (χ0) is 13.8.